The number of halogens is 2. The van der Waals surface area contributed by atoms with Crippen LogP contribution in [0.5, 0.6) is 0 Å². The molecule has 0 amide bonds. The van der Waals surface area contributed by atoms with Gasteiger partial charge in [0.25, 0.3) is 0 Å². The van der Waals surface area contributed by atoms with Gasteiger partial charge < -0.3 is 15.4 Å². The number of aliphatic carboxylic acids is 1. The third-order valence-electron chi connectivity index (χ3n) is 6.51. The number of rotatable bonds is 4. The second-order valence-corrected chi connectivity index (χ2v) is 8.27. The molecule has 7 nitrogen and oxygen atoms in total. The Morgan fingerprint density at radius 3 is 2.73 bits per heavy atom. The van der Waals surface area contributed by atoms with Gasteiger partial charge in [-0.2, -0.15) is 0 Å². The highest BCUT2D eigenvalue weighted by Crippen LogP contribution is 2.43. The average Bonchev–Trinajstić information content (AvgIpc) is 2.95. The van der Waals surface area contributed by atoms with Crippen LogP contribution in [0, 0.1) is 29.4 Å². The van der Waals surface area contributed by atoms with Crippen LogP contribution < -0.4 is 5.32 Å². The van der Waals surface area contributed by atoms with Crippen molar-refractivity contribution in [3.05, 3.63) is 36.3 Å². The summed E-state index contributed by atoms with van der Waals surface area (Å²) in [5.74, 6) is -1.88. The summed E-state index contributed by atoms with van der Waals surface area (Å²) in [5, 5.41) is 13.4. The average molecular weight is 413 g/mol. The Hall–Kier alpha value is -3.10. The van der Waals surface area contributed by atoms with E-state index in [0.29, 0.717) is 28.9 Å². The summed E-state index contributed by atoms with van der Waals surface area (Å²) in [4.78, 5) is 27.3. The summed E-state index contributed by atoms with van der Waals surface area (Å²) >= 11 is 0. The van der Waals surface area contributed by atoms with Crippen molar-refractivity contribution in [2.24, 2.45) is 17.8 Å². The van der Waals surface area contributed by atoms with Crippen LogP contribution in [0.1, 0.15) is 32.1 Å². The molecule has 156 valence electrons. The molecular weight excluding hydrogens is 392 g/mol. The van der Waals surface area contributed by atoms with E-state index in [0.717, 1.165) is 38.1 Å². The van der Waals surface area contributed by atoms with E-state index in [9.17, 15) is 18.7 Å². The second kappa shape index (κ2) is 7.30. The van der Waals surface area contributed by atoms with Gasteiger partial charge >= 0.3 is 5.97 Å². The molecule has 9 heteroatoms. The highest BCUT2D eigenvalue weighted by atomic mass is 19.1. The summed E-state index contributed by atoms with van der Waals surface area (Å²) in [6, 6.07) is 0.916. The first kappa shape index (κ1) is 18.9. The molecule has 0 saturated heterocycles. The van der Waals surface area contributed by atoms with Crippen LogP contribution in [0.4, 0.5) is 14.6 Å². The minimum absolute atomic E-state index is 0.0312. The number of carboxylic acid groups (broad SMARTS) is 1. The molecule has 3 aromatic heterocycles. The number of aromatic amines is 1. The lowest BCUT2D eigenvalue weighted by Crippen LogP contribution is -2.38. The zero-order valence-corrected chi connectivity index (χ0v) is 16.1. The van der Waals surface area contributed by atoms with E-state index in [-0.39, 0.29) is 17.6 Å². The predicted octanol–water partition coefficient (Wildman–Crippen LogP) is 3.99. The Bertz CT molecular complexity index is 1110. The number of hydrogen-bond donors (Lipinski definition) is 3. The van der Waals surface area contributed by atoms with Gasteiger partial charge in [0.1, 0.15) is 11.5 Å². The molecular formula is C21H21F2N5O2. The smallest absolute Gasteiger partial charge is 0.308 e. The number of hydrogen-bond acceptors (Lipinski definition) is 5. The molecule has 0 spiro atoms. The minimum atomic E-state index is -0.854. The molecule has 3 saturated carbocycles. The number of fused-ring (bicyclic) bond motifs is 5. The molecule has 0 aromatic carbocycles. The third-order valence-corrected chi connectivity index (χ3v) is 6.51. The van der Waals surface area contributed by atoms with E-state index in [1.54, 1.807) is 6.20 Å². The van der Waals surface area contributed by atoms with Gasteiger partial charge in [0.2, 0.25) is 0 Å². The van der Waals surface area contributed by atoms with Crippen LogP contribution in [0.3, 0.4) is 0 Å². The second-order valence-electron chi connectivity index (χ2n) is 8.27. The minimum Gasteiger partial charge on any atom is -0.481 e. The molecule has 0 radical (unpaired) electrons. The number of nitrogens with one attached hydrogen (secondary N) is 2. The number of aromatic nitrogens is 4. The van der Waals surface area contributed by atoms with Crippen molar-refractivity contribution in [3.8, 4) is 11.4 Å². The van der Waals surface area contributed by atoms with Gasteiger partial charge in [-0.3, -0.25) is 4.79 Å². The summed E-state index contributed by atoms with van der Waals surface area (Å²) < 4.78 is 28.2. The SMILES string of the molecule is O=C(O)[C@H]1C2CCC(CC2)C[C@@H]1Nc1nc(-c2c[nH]c3ncc(F)cc23)ncc1F. The lowest BCUT2D eigenvalue weighted by atomic mass is 9.80. The number of pyridine rings is 1. The molecule has 0 unspecified atom stereocenters. The van der Waals surface area contributed by atoms with Crippen molar-refractivity contribution in [1.29, 1.82) is 0 Å². The monoisotopic (exact) mass is 413 g/mol. The fourth-order valence-electron chi connectivity index (χ4n) is 5.08. The first-order chi connectivity index (χ1) is 14.5. The van der Waals surface area contributed by atoms with Crippen LogP contribution in [0.2, 0.25) is 0 Å². The predicted molar refractivity (Wildman–Crippen MR) is 106 cm³/mol. The van der Waals surface area contributed by atoms with E-state index in [1.807, 2.05) is 0 Å². The molecule has 6 rings (SSSR count). The number of H-pyrrole nitrogens is 1. The molecule has 30 heavy (non-hydrogen) atoms. The maximum Gasteiger partial charge on any atom is 0.308 e. The van der Waals surface area contributed by atoms with Crippen molar-refractivity contribution in [2.45, 2.75) is 38.1 Å². The summed E-state index contributed by atoms with van der Waals surface area (Å²) in [5.41, 5.74) is 0.968. The van der Waals surface area contributed by atoms with E-state index < -0.39 is 29.6 Å². The zero-order valence-electron chi connectivity index (χ0n) is 16.1. The normalized spacial score (nSPS) is 25.9. The van der Waals surface area contributed by atoms with Crippen molar-refractivity contribution < 1.29 is 18.7 Å². The molecule has 0 aliphatic heterocycles. The topological polar surface area (TPSA) is 104 Å². The van der Waals surface area contributed by atoms with Crippen LogP contribution in [0.15, 0.2) is 24.7 Å². The number of nitrogens with zero attached hydrogens (tertiary/aromatic N) is 3. The molecule has 2 atom stereocenters. The summed E-state index contributed by atoms with van der Waals surface area (Å²) in [6.07, 6.45) is 8.24. The maximum atomic E-state index is 14.6. The molecule has 3 heterocycles. The van der Waals surface area contributed by atoms with Crippen molar-refractivity contribution in [2.75, 3.05) is 5.32 Å². The van der Waals surface area contributed by atoms with Crippen LogP contribution in [0.25, 0.3) is 22.4 Å². The molecule has 3 aromatic rings. The Kier molecular flexibility index (Phi) is 4.60. The lowest BCUT2D eigenvalue weighted by molar-refractivity contribution is -0.144. The Balaban J connectivity index is 1.50. The summed E-state index contributed by atoms with van der Waals surface area (Å²) in [7, 11) is 0. The number of carboxylic acids is 1. The Morgan fingerprint density at radius 2 is 1.97 bits per heavy atom. The fourth-order valence-corrected chi connectivity index (χ4v) is 5.08. The lowest BCUT2D eigenvalue weighted by Gasteiger charge is -2.28. The molecule has 3 fully saturated rings. The molecule has 3 N–H and O–H groups in total. The van der Waals surface area contributed by atoms with Gasteiger partial charge in [-0.15, -0.1) is 0 Å². The van der Waals surface area contributed by atoms with Gasteiger partial charge in [0, 0.05) is 23.2 Å². The highest BCUT2D eigenvalue weighted by Gasteiger charge is 2.43. The zero-order chi connectivity index (χ0) is 20.8. The van der Waals surface area contributed by atoms with Crippen molar-refractivity contribution >= 4 is 22.8 Å². The summed E-state index contributed by atoms with van der Waals surface area (Å²) in [6.45, 7) is 0. The largest absolute Gasteiger partial charge is 0.481 e. The van der Waals surface area contributed by atoms with Crippen molar-refractivity contribution in [3.63, 3.8) is 0 Å². The standard InChI is InChI=1S/C21H21F2N5O2/c22-12-6-13-14(8-25-18(13)24-7-12)19-26-9-15(23)20(28-19)27-16-5-10-1-3-11(4-2-10)17(16)21(29)30/h6-11,16-17H,1-5H2,(H,24,25)(H,29,30)(H,26,27,28)/t10?,11?,16-,17-/m0/s1. The number of carbonyl (C=O) groups is 1. The van der Waals surface area contributed by atoms with Gasteiger partial charge in [-0.1, -0.05) is 12.8 Å². The van der Waals surface area contributed by atoms with E-state index in [4.69, 9.17) is 0 Å². The van der Waals surface area contributed by atoms with Crippen molar-refractivity contribution in [1.82, 2.24) is 19.9 Å². The fraction of sp³-hybridized carbons (Fsp3) is 0.429. The quantitative estimate of drug-likeness (QED) is 0.598. The highest BCUT2D eigenvalue weighted by molar-refractivity contribution is 5.91. The molecule has 3 aliphatic carbocycles. The van der Waals surface area contributed by atoms with Gasteiger partial charge in [0.15, 0.2) is 17.5 Å². The van der Waals surface area contributed by atoms with Gasteiger partial charge in [0.05, 0.1) is 18.3 Å². The molecule has 2 bridgehead atoms. The van der Waals surface area contributed by atoms with Gasteiger partial charge in [-0.25, -0.2) is 23.7 Å². The Morgan fingerprint density at radius 1 is 1.17 bits per heavy atom. The van der Waals surface area contributed by atoms with E-state index in [1.165, 1.54) is 6.07 Å². The first-order valence-corrected chi connectivity index (χ1v) is 10.1. The van der Waals surface area contributed by atoms with E-state index in [2.05, 4.69) is 25.3 Å². The van der Waals surface area contributed by atoms with Crippen LogP contribution in [-0.4, -0.2) is 37.1 Å². The first-order valence-electron chi connectivity index (χ1n) is 10.1. The van der Waals surface area contributed by atoms with Gasteiger partial charge in [-0.05, 0) is 37.2 Å². The van der Waals surface area contributed by atoms with Crippen LogP contribution >= 0.6 is 0 Å². The van der Waals surface area contributed by atoms with Crippen LogP contribution in [-0.2, 0) is 4.79 Å². The maximum absolute atomic E-state index is 14.6. The molecule has 3 aliphatic rings. The van der Waals surface area contributed by atoms with E-state index >= 15 is 0 Å². The number of anilines is 1. The third kappa shape index (κ3) is 3.28. The Labute approximate surface area is 171 Å².